The van der Waals surface area contributed by atoms with Crippen molar-refractivity contribution in [2.45, 2.75) is 10.6 Å². The topological polar surface area (TPSA) is 52.3 Å². The van der Waals surface area contributed by atoms with Crippen LogP contribution in [0.3, 0.4) is 0 Å². The molecule has 5 heteroatoms. The molecule has 0 saturated carbocycles. The predicted octanol–water partition coefficient (Wildman–Crippen LogP) is 3.35. The highest BCUT2D eigenvalue weighted by atomic mass is 79.9. The molecule has 0 aliphatic heterocycles. The largest absolute Gasteiger partial charge is 0.495 e. The van der Waals surface area contributed by atoms with E-state index in [-0.39, 0.29) is 0 Å². The minimum absolute atomic E-state index is 0.432. The standard InChI is InChI=1S/C14H14BrNO2S/c1-18-13-8-11(16)6-7-14(13)19(17)9-10-4-2-3-5-12(10)15/h2-8H,9,16H2,1H3. The Morgan fingerprint density at radius 2 is 2.00 bits per heavy atom. The zero-order chi connectivity index (χ0) is 13.8. The summed E-state index contributed by atoms with van der Waals surface area (Å²) >= 11 is 3.46. The highest BCUT2D eigenvalue weighted by Gasteiger charge is 2.12. The Hall–Kier alpha value is -1.33. The number of hydrogen-bond donors (Lipinski definition) is 1. The van der Waals surface area contributed by atoms with Crippen molar-refractivity contribution in [2.24, 2.45) is 0 Å². The summed E-state index contributed by atoms with van der Waals surface area (Å²) in [5.41, 5.74) is 7.29. The molecule has 100 valence electrons. The molecule has 3 nitrogen and oxygen atoms in total. The molecule has 1 unspecified atom stereocenters. The van der Waals surface area contributed by atoms with Crippen LogP contribution in [0.2, 0.25) is 0 Å². The summed E-state index contributed by atoms with van der Waals surface area (Å²) in [5, 5.41) is 0. The van der Waals surface area contributed by atoms with Crippen LogP contribution >= 0.6 is 15.9 Å². The van der Waals surface area contributed by atoms with Crippen molar-refractivity contribution in [3.8, 4) is 5.75 Å². The minimum atomic E-state index is -1.17. The van der Waals surface area contributed by atoms with Crippen molar-refractivity contribution < 1.29 is 8.95 Å². The van der Waals surface area contributed by atoms with Crippen LogP contribution in [0, 0.1) is 0 Å². The maximum Gasteiger partial charge on any atom is 0.137 e. The van der Waals surface area contributed by atoms with Gasteiger partial charge in [0, 0.05) is 16.2 Å². The maximum absolute atomic E-state index is 12.4. The molecule has 2 aromatic carbocycles. The summed E-state index contributed by atoms with van der Waals surface area (Å²) in [6, 6.07) is 12.9. The van der Waals surface area contributed by atoms with Crippen molar-refractivity contribution in [1.82, 2.24) is 0 Å². The monoisotopic (exact) mass is 339 g/mol. The molecule has 2 N–H and O–H groups in total. The fraction of sp³-hybridized carbons (Fsp3) is 0.143. The van der Waals surface area contributed by atoms with Crippen LogP contribution in [-0.4, -0.2) is 11.3 Å². The van der Waals surface area contributed by atoms with Gasteiger partial charge in [0.05, 0.1) is 28.6 Å². The number of halogens is 1. The maximum atomic E-state index is 12.4. The summed E-state index contributed by atoms with van der Waals surface area (Å²) in [7, 11) is 0.375. The van der Waals surface area contributed by atoms with E-state index in [1.165, 1.54) is 0 Å². The number of benzene rings is 2. The number of hydrogen-bond acceptors (Lipinski definition) is 3. The van der Waals surface area contributed by atoms with Gasteiger partial charge in [-0.15, -0.1) is 0 Å². The number of ether oxygens (including phenoxy) is 1. The summed E-state index contributed by atoms with van der Waals surface area (Å²) in [5.74, 6) is 0.993. The molecule has 0 aliphatic rings. The SMILES string of the molecule is COc1cc(N)ccc1S(=O)Cc1ccccc1Br. The van der Waals surface area contributed by atoms with Crippen LogP contribution < -0.4 is 10.5 Å². The van der Waals surface area contributed by atoms with Gasteiger partial charge >= 0.3 is 0 Å². The number of nitrogen functional groups attached to an aromatic ring is 1. The average molecular weight is 340 g/mol. The molecule has 0 amide bonds. The first-order valence-corrected chi connectivity index (χ1v) is 7.78. The molecule has 0 aliphatic carbocycles. The van der Waals surface area contributed by atoms with Gasteiger partial charge in [0.25, 0.3) is 0 Å². The third kappa shape index (κ3) is 3.36. The molecule has 0 fully saturated rings. The Morgan fingerprint density at radius 3 is 2.68 bits per heavy atom. The molecular formula is C14H14BrNO2S. The van der Waals surface area contributed by atoms with Crippen LogP contribution in [0.5, 0.6) is 5.75 Å². The van der Waals surface area contributed by atoms with E-state index in [9.17, 15) is 4.21 Å². The zero-order valence-corrected chi connectivity index (χ0v) is 12.8. The van der Waals surface area contributed by atoms with Crippen molar-refractivity contribution in [3.63, 3.8) is 0 Å². The Morgan fingerprint density at radius 1 is 1.26 bits per heavy atom. The number of rotatable bonds is 4. The van der Waals surface area contributed by atoms with Crippen LogP contribution in [0.25, 0.3) is 0 Å². The summed E-state index contributed by atoms with van der Waals surface area (Å²) < 4.78 is 18.6. The van der Waals surface area contributed by atoms with Crippen molar-refractivity contribution >= 4 is 32.4 Å². The lowest BCUT2D eigenvalue weighted by atomic mass is 10.2. The minimum Gasteiger partial charge on any atom is -0.495 e. The first kappa shape index (κ1) is 14.1. The molecule has 0 spiro atoms. The molecule has 0 saturated heterocycles. The molecular weight excluding hydrogens is 326 g/mol. The molecule has 2 rings (SSSR count). The van der Waals surface area contributed by atoms with Gasteiger partial charge in [0.15, 0.2) is 0 Å². The van der Waals surface area contributed by atoms with Crippen molar-refractivity contribution in [3.05, 3.63) is 52.5 Å². The van der Waals surface area contributed by atoms with E-state index in [2.05, 4.69) is 15.9 Å². The van der Waals surface area contributed by atoms with Gasteiger partial charge in [-0.05, 0) is 23.8 Å². The third-order valence-corrected chi connectivity index (χ3v) is 4.85. The predicted molar refractivity (Wildman–Crippen MR) is 81.7 cm³/mol. The van der Waals surface area contributed by atoms with Crippen LogP contribution in [-0.2, 0) is 16.6 Å². The van der Waals surface area contributed by atoms with Crippen molar-refractivity contribution in [1.29, 1.82) is 0 Å². The highest BCUT2D eigenvalue weighted by molar-refractivity contribution is 9.10. The molecule has 0 heterocycles. The van der Waals surface area contributed by atoms with Gasteiger partial charge in [-0.3, -0.25) is 4.21 Å². The fourth-order valence-corrected chi connectivity index (χ4v) is 3.59. The van der Waals surface area contributed by atoms with Gasteiger partial charge in [-0.25, -0.2) is 0 Å². The molecule has 0 radical (unpaired) electrons. The fourth-order valence-electron chi connectivity index (χ4n) is 1.71. The van der Waals surface area contributed by atoms with E-state index in [4.69, 9.17) is 10.5 Å². The van der Waals surface area contributed by atoms with E-state index in [0.29, 0.717) is 22.1 Å². The first-order chi connectivity index (χ1) is 9.11. The van der Waals surface area contributed by atoms with Gasteiger partial charge < -0.3 is 10.5 Å². The number of methoxy groups -OCH3 is 1. The van der Waals surface area contributed by atoms with Gasteiger partial charge in [-0.2, -0.15) is 0 Å². The Balaban J connectivity index is 2.28. The zero-order valence-electron chi connectivity index (χ0n) is 10.4. The molecule has 1 atom stereocenters. The van der Waals surface area contributed by atoms with Gasteiger partial charge in [0.2, 0.25) is 0 Å². The van der Waals surface area contributed by atoms with E-state index in [1.54, 1.807) is 25.3 Å². The van der Waals surface area contributed by atoms with Gasteiger partial charge in [-0.1, -0.05) is 34.1 Å². The van der Waals surface area contributed by atoms with E-state index in [0.717, 1.165) is 10.0 Å². The lowest BCUT2D eigenvalue weighted by Crippen LogP contribution is -2.01. The number of anilines is 1. The highest BCUT2D eigenvalue weighted by Crippen LogP contribution is 2.27. The summed E-state index contributed by atoms with van der Waals surface area (Å²) in [6.07, 6.45) is 0. The molecule has 19 heavy (non-hydrogen) atoms. The Bertz CT molecular complexity index is 616. The lowest BCUT2D eigenvalue weighted by molar-refractivity contribution is 0.404. The van der Waals surface area contributed by atoms with E-state index >= 15 is 0 Å². The van der Waals surface area contributed by atoms with Crippen LogP contribution in [0.4, 0.5) is 5.69 Å². The smallest absolute Gasteiger partial charge is 0.137 e. The van der Waals surface area contributed by atoms with Crippen LogP contribution in [0.1, 0.15) is 5.56 Å². The first-order valence-electron chi connectivity index (χ1n) is 5.67. The molecule has 0 bridgehead atoms. The van der Waals surface area contributed by atoms with Gasteiger partial charge in [0.1, 0.15) is 5.75 Å². The summed E-state index contributed by atoms with van der Waals surface area (Å²) in [6.45, 7) is 0. The second-order valence-electron chi connectivity index (χ2n) is 3.99. The van der Waals surface area contributed by atoms with Crippen LogP contribution in [0.15, 0.2) is 51.8 Å². The molecule has 2 aromatic rings. The van der Waals surface area contributed by atoms with E-state index < -0.39 is 10.8 Å². The normalized spacial score (nSPS) is 12.1. The average Bonchev–Trinajstić information content (AvgIpc) is 2.41. The second kappa shape index (κ2) is 6.21. The molecule has 0 aromatic heterocycles. The second-order valence-corrected chi connectivity index (χ2v) is 6.27. The van der Waals surface area contributed by atoms with E-state index in [1.807, 2.05) is 24.3 Å². The Kier molecular flexibility index (Phi) is 4.61. The number of nitrogens with two attached hydrogens (primary N) is 1. The quantitative estimate of drug-likeness (QED) is 0.869. The lowest BCUT2D eigenvalue weighted by Gasteiger charge is -2.10. The van der Waals surface area contributed by atoms with Crippen molar-refractivity contribution in [2.75, 3.05) is 12.8 Å². The Labute approximate surface area is 123 Å². The summed E-state index contributed by atoms with van der Waals surface area (Å²) in [4.78, 5) is 0.660. The third-order valence-electron chi connectivity index (χ3n) is 2.68.